The SMILES string of the molecule is CCOP(=O)(C1CCC(C)CC1)N(CC1CCOCC1)c1cc(-c2ccc(C)cc2)sc1C(=O)O. The molecule has 8 heteroatoms. The third-order valence-electron chi connectivity index (χ3n) is 7.39. The average molecular weight is 520 g/mol. The number of carbonyl (C=O) groups is 1. The van der Waals surface area contributed by atoms with Gasteiger partial charge in [-0.25, -0.2) is 4.79 Å². The first-order valence-electron chi connectivity index (χ1n) is 12.9. The van der Waals surface area contributed by atoms with Crippen LogP contribution in [0.2, 0.25) is 0 Å². The molecule has 2 aliphatic rings. The lowest BCUT2D eigenvalue weighted by Crippen LogP contribution is -2.36. The fraction of sp³-hybridized carbons (Fsp3) is 0.593. The minimum atomic E-state index is -3.34. The Hall–Kier alpha value is -1.66. The summed E-state index contributed by atoms with van der Waals surface area (Å²) in [5.74, 6) is -0.0841. The quantitative estimate of drug-likeness (QED) is 0.347. The fourth-order valence-electron chi connectivity index (χ4n) is 5.25. The predicted octanol–water partition coefficient (Wildman–Crippen LogP) is 7.46. The number of rotatable bonds is 9. The van der Waals surface area contributed by atoms with E-state index in [1.54, 1.807) is 0 Å². The van der Waals surface area contributed by atoms with Crippen LogP contribution in [0.1, 0.15) is 67.6 Å². The van der Waals surface area contributed by atoms with E-state index in [-0.39, 0.29) is 16.5 Å². The second-order valence-electron chi connectivity index (χ2n) is 10.0. The van der Waals surface area contributed by atoms with Crippen molar-refractivity contribution in [2.75, 3.05) is 31.0 Å². The van der Waals surface area contributed by atoms with Crippen molar-refractivity contribution in [3.05, 3.63) is 40.8 Å². The Morgan fingerprint density at radius 2 is 1.80 bits per heavy atom. The van der Waals surface area contributed by atoms with Crippen molar-refractivity contribution in [3.63, 3.8) is 0 Å². The Labute approximate surface area is 213 Å². The molecule has 35 heavy (non-hydrogen) atoms. The number of carboxylic acid groups (broad SMARTS) is 1. The normalized spacial score (nSPS) is 23.1. The van der Waals surface area contributed by atoms with Crippen LogP contribution in [0.25, 0.3) is 10.4 Å². The Morgan fingerprint density at radius 1 is 1.14 bits per heavy atom. The maximum atomic E-state index is 14.9. The predicted molar refractivity (Wildman–Crippen MR) is 143 cm³/mol. The number of anilines is 1. The Kier molecular flexibility index (Phi) is 8.75. The highest BCUT2D eigenvalue weighted by molar-refractivity contribution is 7.61. The summed E-state index contributed by atoms with van der Waals surface area (Å²) in [6.45, 7) is 8.39. The van der Waals surface area contributed by atoms with Gasteiger partial charge in [0.05, 0.1) is 18.0 Å². The van der Waals surface area contributed by atoms with Crippen molar-refractivity contribution in [1.82, 2.24) is 0 Å². The van der Waals surface area contributed by atoms with Gasteiger partial charge in [0.1, 0.15) is 4.88 Å². The second-order valence-corrected chi connectivity index (χ2v) is 13.7. The van der Waals surface area contributed by atoms with Crippen LogP contribution in [0.4, 0.5) is 5.69 Å². The van der Waals surface area contributed by atoms with E-state index in [2.05, 4.69) is 6.92 Å². The Morgan fingerprint density at radius 3 is 2.40 bits per heavy atom. The van der Waals surface area contributed by atoms with E-state index in [9.17, 15) is 14.5 Å². The lowest BCUT2D eigenvalue weighted by Gasteiger charge is -2.41. The summed E-state index contributed by atoms with van der Waals surface area (Å²) < 4.78 is 28.6. The molecule has 6 nitrogen and oxygen atoms in total. The van der Waals surface area contributed by atoms with Crippen LogP contribution in [0.5, 0.6) is 0 Å². The van der Waals surface area contributed by atoms with Gasteiger partial charge < -0.3 is 14.4 Å². The van der Waals surface area contributed by atoms with E-state index in [1.807, 2.05) is 48.8 Å². The molecular formula is C27H38NO5PS. The van der Waals surface area contributed by atoms with Crippen molar-refractivity contribution in [2.24, 2.45) is 11.8 Å². The summed E-state index contributed by atoms with van der Waals surface area (Å²) in [6, 6.07) is 10.0. The summed E-state index contributed by atoms with van der Waals surface area (Å²) in [7, 11) is -3.34. The number of aryl methyl sites for hydroxylation is 1. The zero-order valence-corrected chi connectivity index (χ0v) is 22.8. The monoisotopic (exact) mass is 519 g/mol. The number of benzene rings is 1. The lowest BCUT2D eigenvalue weighted by molar-refractivity contribution is 0.0682. The standard InChI is InChI=1S/C27H38NO5PS/c1-4-33-34(31,23-11-7-20(3)8-12-23)28(18-21-13-15-32-16-14-21)24-17-25(35-26(24)27(29)30)22-9-5-19(2)6-10-22/h5-6,9-10,17,20-21,23H,4,7-8,11-16,18H2,1-3H3,(H,29,30). The molecular weight excluding hydrogens is 481 g/mol. The maximum Gasteiger partial charge on any atom is 0.348 e. The fourth-order valence-corrected chi connectivity index (χ4v) is 9.30. The smallest absolute Gasteiger partial charge is 0.348 e. The van der Waals surface area contributed by atoms with Crippen molar-refractivity contribution < 1.29 is 23.7 Å². The van der Waals surface area contributed by atoms with Gasteiger partial charge in [0.25, 0.3) is 7.52 Å². The molecule has 1 aliphatic heterocycles. The van der Waals surface area contributed by atoms with Crippen LogP contribution >= 0.6 is 18.9 Å². The molecule has 1 saturated carbocycles. The van der Waals surface area contributed by atoms with Gasteiger partial charge in [-0.05, 0) is 75.8 Å². The number of carboxylic acids is 1. The molecule has 1 atom stereocenters. The van der Waals surface area contributed by atoms with Crippen LogP contribution in [0.15, 0.2) is 30.3 Å². The third kappa shape index (κ3) is 6.02. The number of aromatic carboxylic acids is 1. The first kappa shape index (κ1) is 26.4. The largest absolute Gasteiger partial charge is 0.477 e. The molecule has 0 bridgehead atoms. The molecule has 0 spiro atoms. The highest BCUT2D eigenvalue weighted by Gasteiger charge is 2.44. The van der Waals surface area contributed by atoms with E-state index in [0.29, 0.717) is 38.0 Å². The van der Waals surface area contributed by atoms with Gasteiger partial charge in [0.2, 0.25) is 0 Å². The highest BCUT2D eigenvalue weighted by Crippen LogP contribution is 2.62. The van der Waals surface area contributed by atoms with Crippen LogP contribution in [-0.4, -0.2) is 43.1 Å². The van der Waals surface area contributed by atoms with Crippen molar-refractivity contribution >= 4 is 30.5 Å². The van der Waals surface area contributed by atoms with E-state index in [1.165, 1.54) is 11.3 Å². The van der Waals surface area contributed by atoms with Crippen LogP contribution in [0, 0.1) is 18.8 Å². The zero-order valence-electron chi connectivity index (χ0n) is 21.1. The number of nitrogens with zero attached hydrogens (tertiary/aromatic N) is 1. The molecule has 4 rings (SSSR count). The van der Waals surface area contributed by atoms with Crippen molar-refractivity contribution in [1.29, 1.82) is 0 Å². The van der Waals surface area contributed by atoms with Crippen LogP contribution in [-0.2, 0) is 13.8 Å². The molecule has 1 saturated heterocycles. The molecule has 2 heterocycles. The van der Waals surface area contributed by atoms with E-state index in [4.69, 9.17) is 9.26 Å². The zero-order chi connectivity index (χ0) is 25.0. The van der Waals surface area contributed by atoms with Crippen molar-refractivity contribution in [3.8, 4) is 10.4 Å². The summed E-state index contributed by atoms with van der Waals surface area (Å²) in [5, 5.41) is 10.2. The molecule has 0 amide bonds. The molecule has 1 aromatic carbocycles. The average Bonchev–Trinajstić information content (AvgIpc) is 3.29. The number of thiophene rings is 1. The molecule has 192 valence electrons. The minimum absolute atomic E-state index is 0.0807. The molecule has 2 fully saturated rings. The Balaban J connectivity index is 1.80. The molecule has 1 aromatic heterocycles. The van der Waals surface area contributed by atoms with Gasteiger partial charge >= 0.3 is 5.97 Å². The van der Waals surface area contributed by atoms with Crippen LogP contribution in [0.3, 0.4) is 0 Å². The van der Waals surface area contributed by atoms with Gasteiger partial charge in [-0.1, -0.05) is 36.8 Å². The number of hydrogen-bond donors (Lipinski definition) is 1. The first-order chi connectivity index (χ1) is 16.8. The van der Waals surface area contributed by atoms with E-state index in [0.717, 1.165) is 54.5 Å². The number of ether oxygens (including phenoxy) is 1. The van der Waals surface area contributed by atoms with Crippen molar-refractivity contribution in [2.45, 2.75) is 65.0 Å². The highest BCUT2D eigenvalue weighted by atomic mass is 32.1. The molecule has 1 aliphatic carbocycles. The van der Waals surface area contributed by atoms with Crippen LogP contribution < -0.4 is 4.67 Å². The first-order valence-corrected chi connectivity index (χ1v) is 15.3. The summed E-state index contributed by atoms with van der Waals surface area (Å²) in [6.07, 6.45) is 5.50. The lowest BCUT2D eigenvalue weighted by atomic mass is 9.91. The maximum absolute atomic E-state index is 14.9. The molecule has 0 radical (unpaired) electrons. The van der Waals surface area contributed by atoms with Gasteiger partial charge in [0.15, 0.2) is 0 Å². The summed E-state index contributed by atoms with van der Waals surface area (Å²) in [5.41, 5.74) is 2.58. The summed E-state index contributed by atoms with van der Waals surface area (Å²) >= 11 is 1.26. The van der Waals surface area contributed by atoms with E-state index >= 15 is 0 Å². The van der Waals surface area contributed by atoms with Gasteiger partial charge in [-0.15, -0.1) is 11.3 Å². The van der Waals surface area contributed by atoms with Gasteiger partial charge in [0, 0.05) is 24.6 Å². The molecule has 2 aromatic rings. The molecule has 1 unspecified atom stereocenters. The summed E-state index contributed by atoms with van der Waals surface area (Å²) in [4.78, 5) is 13.6. The van der Waals surface area contributed by atoms with E-state index < -0.39 is 13.5 Å². The second kappa shape index (κ2) is 11.6. The molecule has 1 N–H and O–H groups in total. The van der Waals surface area contributed by atoms with Gasteiger partial charge in [-0.3, -0.25) is 9.24 Å². The van der Waals surface area contributed by atoms with Gasteiger partial charge in [-0.2, -0.15) is 0 Å². The minimum Gasteiger partial charge on any atom is -0.477 e. The third-order valence-corrected chi connectivity index (χ3v) is 11.7. The topological polar surface area (TPSA) is 76.1 Å². The number of hydrogen-bond acceptors (Lipinski definition) is 5. The Bertz CT molecular complexity index is 1040.